The van der Waals surface area contributed by atoms with E-state index in [0.717, 1.165) is 24.7 Å². The zero-order valence-electron chi connectivity index (χ0n) is 21.6. The van der Waals surface area contributed by atoms with E-state index in [1.807, 2.05) is 0 Å². The molecule has 5 rings (SSSR count). The molecule has 1 saturated heterocycles. The van der Waals surface area contributed by atoms with Gasteiger partial charge in [0.25, 0.3) is 0 Å². The Morgan fingerprint density at radius 2 is 1.89 bits per heavy atom. The van der Waals surface area contributed by atoms with Gasteiger partial charge in [-0.15, -0.1) is 0 Å². The molecular weight excluding hydrogens is 448 g/mol. The molecule has 0 aromatic rings. The Morgan fingerprint density at radius 1 is 1.11 bits per heavy atom. The molecule has 0 radical (unpaired) electrons. The molecule has 35 heavy (non-hydrogen) atoms. The Balaban J connectivity index is 1.35. The lowest BCUT2D eigenvalue weighted by atomic mass is 9.41. The minimum atomic E-state index is -1.39. The fraction of sp³-hybridized carbons (Fsp3) is 0.893. The van der Waals surface area contributed by atoms with E-state index >= 15 is 0 Å². The van der Waals surface area contributed by atoms with Crippen LogP contribution in [0.4, 0.5) is 0 Å². The molecule has 0 amide bonds. The van der Waals surface area contributed by atoms with Crippen molar-refractivity contribution in [2.24, 2.45) is 34.0 Å². The number of aliphatic hydroxyl groups is 3. The van der Waals surface area contributed by atoms with Crippen LogP contribution >= 0.6 is 0 Å². The topological polar surface area (TPSA) is 105 Å². The van der Waals surface area contributed by atoms with Gasteiger partial charge in [0.1, 0.15) is 18.3 Å². The van der Waals surface area contributed by atoms with E-state index in [1.54, 1.807) is 0 Å². The highest BCUT2D eigenvalue weighted by Gasteiger charge is 2.63. The van der Waals surface area contributed by atoms with Crippen molar-refractivity contribution in [2.75, 3.05) is 13.2 Å². The lowest BCUT2D eigenvalue weighted by molar-refractivity contribution is -0.312. The third-order valence-corrected chi connectivity index (χ3v) is 10.9. The number of hydrogen-bond acceptors (Lipinski definition) is 7. The van der Waals surface area contributed by atoms with Gasteiger partial charge < -0.3 is 29.5 Å². The lowest BCUT2D eigenvalue weighted by Crippen LogP contribution is -2.61. The molecule has 1 aliphatic heterocycles. The second kappa shape index (κ2) is 9.09. The molecule has 2 bridgehead atoms. The van der Waals surface area contributed by atoms with Gasteiger partial charge in [-0.2, -0.15) is 0 Å². The van der Waals surface area contributed by atoms with Crippen molar-refractivity contribution < 1.29 is 34.3 Å². The second-order valence-electron chi connectivity index (χ2n) is 12.9. The highest BCUT2D eigenvalue weighted by Crippen LogP contribution is 2.72. The summed E-state index contributed by atoms with van der Waals surface area (Å²) in [6.07, 6.45) is 5.11. The van der Waals surface area contributed by atoms with Crippen LogP contribution in [0.5, 0.6) is 0 Å². The second-order valence-corrected chi connectivity index (χ2v) is 12.9. The van der Waals surface area contributed by atoms with Crippen molar-refractivity contribution in [3.8, 4) is 0 Å². The Labute approximate surface area is 209 Å². The van der Waals surface area contributed by atoms with Crippen LogP contribution in [-0.2, 0) is 19.0 Å². The van der Waals surface area contributed by atoms with Crippen LogP contribution in [0.1, 0.15) is 78.6 Å². The zero-order valence-corrected chi connectivity index (χ0v) is 21.6. The van der Waals surface area contributed by atoms with E-state index in [4.69, 9.17) is 14.2 Å². The number of esters is 1. The molecule has 0 aromatic heterocycles. The average molecular weight is 493 g/mol. The average Bonchev–Trinajstić information content (AvgIpc) is 3.03. The van der Waals surface area contributed by atoms with E-state index in [1.165, 1.54) is 57.4 Å². The number of fused-ring (bicyclic) bond motifs is 3. The van der Waals surface area contributed by atoms with E-state index in [-0.39, 0.29) is 10.8 Å². The first-order valence-electron chi connectivity index (χ1n) is 13.6. The van der Waals surface area contributed by atoms with E-state index in [9.17, 15) is 20.1 Å². The quantitative estimate of drug-likeness (QED) is 0.399. The van der Waals surface area contributed by atoms with E-state index in [0.29, 0.717) is 17.9 Å². The summed E-state index contributed by atoms with van der Waals surface area (Å²) < 4.78 is 17.4. The number of allylic oxidation sites excluding steroid dienone is 1. The smallest absolute Gasteiger partial charge is 0.303 e. The van der Waals surface area contributed by atoms with Crippen LogP contribution in [0.3, 0.4) is 0 Å². The highest BCUT2D eigenvalue weighted by atomic mass is 16.7. The summed E-state index contributed by atoms with van der Waals surface area (Å²) in [5, 5.41) is 30.5. The molecule has 0 aromatic carbocycles. The van der Waals surface area contributed by atoms with Crippen molar-refractivity contribution >= 4 is 5.97 Å². The molecule has 11 atom stereocenters. The van der Waals surface area contributed by atoms with Crippen LogP contribution < -0.4 is 0 Å². The van der Waals surface area contributed by atoms with Gasteiger partial charge in [-0.3, -0.25) is 4.79 Å². The van der Waals surface area contributed by atoms with Gasteiger partial charge in [0.2, 0.25) is 0 Å². The molecule has 7 nitrogen and oxygen atoms in total. The Hall–Kier alpha value is -0.990. The number of aliphatic hydroxyl groups excluding tert-OH is 3. The lowest BCUT2D eigenvalue weighted by Gasteiger charge is -2.64. The molecule has 1 spiro atoms. The van der Waals surface area contributed by atoms with Gasteiger partial charge in [0, 0.05) is 6.92 Å². The summed E-state index contributed by atoms with van der Waals surface area (Å²) in [4.78, 5) is 11.7. The maximum atomic E-state index is 11.7. The van der Waals surface area contributed by atoms with Crippen molar-refractivity contribution in [1.82, 2.24) is 0 Å². The zero-order chi connectivity index (χ0) is 25.2. The van der Waals surface area contributed by atoms with Crippen LogP contribution in [0.15, 0.2) is 12.2 Å². The SMILES string of the molecule is C=C1C[C@@]23CCC4[C@](C)(CO[C@@H]5O[C@@H](CO)[C@H](O)[C@@H](O)[C@@H]5OC(C)=O)CCC[C@@]4(C)C2CC[C@@H]1C3. The number of ether oxygens (including phenoxy) is 3. The van der Waals surface area contributed by atoms with Crippen molar-refractivity contribution in [3.05, 3.63) is 12.2 Å². The summed E-state index contributed by atoms with van der Waals surface area (Å²) in [5.41, 5.74) is 2.12. The van der Waals surface area contributed by atoms with E-state index in [2.05, 4.69) is 20.4 Å². The highest BCUT2D eigenvalue weighted by molar-refractivity contribution is 5.66. The Kier molecular flexibility index (Phi) is 6.66. The van der Waals surface area contributed by atoms with Crippen molar-refractivity contribution in [2.45, 2.75) is 109 Å². The molecular formula is C28H44O7. The summed E-state index contributed by atoms with van der Waals surface area (Å²) in [5.74, 6) is 1.39. The van der Waals surface area contributed by atoms with Crippen LogP contribution in [0.2, 0.25) is 0 Å². The molecule has 3 N–H and O–H groups in total. The van der Waals surface area contributed by atoms with Gasteiger partial charge in [0.15, 0.2) is 12.4 Å². The first kappa shape index (κ1) is 25.7. The molecule has 4 aliphatic carbocycles. The van der Waals surface area contributed by atoms with Crippen LogP contribution in [-0.4, -0.2) is 65.2 Å². The van der Waals surface area contributed by atoms with E-state index < -0.39 is 43.3 Å². The first-order chi connectivity index (χ1) is 16.5. The fourth-order valence-electron chi connectivity index (χ4n) is 9.44. The Morgan fingerprint density at radius 3 is 2.60 bits per heavy atom. The van der Waals surface area contributed by atoms with Gasteiger partial charge in [-0.25, -0.2) is 0 Å². The fourth-order valence-corrected chi connectivity index (χ4v) is 9.44. The minimum absolute atomic E-state index is 0.0685. The number of hydrogen-bond donors (Lipinski definition) is 3. The molecule has 198 valence electrons. The molecule has 2 unspecified atom stereocenters. The van der Waals surface area contributed by atoms with Gasteiger partial charge in [0.05, 0.1) is 13.2 Å². The minimum Gasteiger partial charge on any atom is -0.454 e. The first-order valence-corrected chi connectivity index (χ1v) is 13.6. The summed E-state index contributed by atoms with van der Waals surface area (Å²) in [6.45, 7) is 10.5. The third-order valence-electron chi connectivity index (χ3n) is 10.9. The number of rotatable bonds is 5. The molecule has 7 heteroatoms. The normalized spacial score (nSPS) is 51.4. The third kappa shape index (κ3) is 4.10. The summed E-state index contributed by atoms with van der Waals surface area (Å²) in [7, 11) is 0. The maximum Gasteiger partial charge on any atom is 0.303 e. The summed E-state index contributed by atoms with van der Waals surface area (Å²) >= 11 is 0. The number of carbonyl (C=O) groups is 1. The van der Waals surface area contributed by atoms with Crippen LogP contribution in [0.25, 0.3) is 0 Å². The van der Waals surface area contributed by atoms with Crippen LogP contribution in [0, 0.1) is 34.0 Å². The molecule has 5 aliphatic rings. The molecule has 5 fully saturated rings. The maximum absolute atomic E-state index is 11.7. The molecule has 1 heterocycles. The van der Waals surface area contributed by atoms with Crippen molar-refractivity contribution in [1.29, 1.82) is 0 Å². The summed E-state index contributed by atoms with van der Waals surface area (Å²) in [6, 6.07) is 0. The standard InChI is InChI=1S/C28H44O7/c1-16-12-28-11-8-20-26(3,9-5-10-27(20,4)21(28)7-6-18(16)13-28)15-33-25-24(34-17(2)30)23(32)22(31)19(14-29)35-25/h18-25,29,31-32H,1,5-15H2,2-4H3/t18-,19+,20?,21?,22+,23-,24+,25-,26+,27-,28-/m1/s1. The predicted molar refractivity (Wildman–Crippen MR) is 129 cm³/mol. The molecule has 4 saturated carbocycles. The largest absolute Gasteiger partial charge is 0.454 e. The van der Waals surface area contributed by atoms with Gasteiger partial charge in [-0.1, -0.05) is 32.4 Å². The number of carbonyl (C=O) groups excluding carboxylic acids is 1. The monoisotopic (exact) mass is 492 g/mol. The predicted octanol–water partition coefficient (Wildman–Crippen LogP) is 3.34. The Bertz CT molecular complexity index is 845. The van der Waals surface area contributed by atoms with Gasteiger partial charge >= 0.3 is 5.97 Å². The van der Waals surface area contributed by atoms with Gasteiger partial charge in [-0.05, 0) is 85.4 Å². The van der Waals surface area contributed by atoms with Crippen molar-refractivity contribution in [3.63, 3.8) is 0 Å².